The zero-order chi connectivity index (χ0) is 29.9. The van der Waals surface area contributed by atoms with E-state index in [0.717, 1.165) is 16.5 Å². The second kappa shape index (κ2) is 15.3. The molecule has 224 valence electrons. The highest BCUT2D eigenvalue weighted by molar-refractivity contribution is 7.98. The Morgan fingerprint density at radius 1 is 1.15 bits per heavy atom. The van der Waals surface area contributed by atoms with Gasteiger partial charge in [-0.15, -0.1) is 0 Å². The maximum absolute atomic E-state index is 13.7. The number of hydrogen-bond acceptors (Lipinski definition) is 7. The molecule has 3 amide bonds. The number of nitrogens with zero attached hydrogens (tertiary/aromatic N) is 2. The summed E-state index contributed by atoms with van der Waals surface area (Å²) in [5.74, 6) is -2.04. The Bertz CT molecular complexity index is 1250. The van der Waals surface area contributed by atoms with Crippen molar-refractivity contribution < 1.29 is 24.3 Å². The molecular weight excluding hydrogens is 548 g/mol. The van der Waals surface area contributed by atoms with Gasteiger partial charge in [-0.2, -0.15) is 11.8 Å². The number of likely N-dealkylation sites (tertiary alicyclic amines) is 1. The largest absolute Gasteiger partial charge is 0.480 e. The highest BCUT2D eigenvalue weighted by atomic mass is 32.2. The van der Waals surface area contributed by atoms with Gasteiger partial charge in [0.1, 0.15) is 18.1 Å². The van der Waals surface area contributed by atoms with Crippen LogP contribution in [0.5, 0.6) is 0 Å². The van der Waals surface area contributed by atoms with Crippen molar-refractivity contribution in [1.29, 1.82) is 0 Å². The summed E-state index contributed by atoms with van der Waals surface area (Å²) in [6.07, 6.45) is 5.70. The van der Waals surface area contributed by atoms with Gasteiger partial charge in [0.05, 0.1) is 6.04 Å². The van der Waals surface area contributed by atoms with Gasteiger partial charge in [-0.3, -0.25) is 19.4 Å². The molecule has 0 saturated carbocycles. The molecule has 0 spiro atoms. The molecule has 14 heteroatoms. The molecule has 1 aliphatic heterocycles. The number of aromatic nitrogens is 1. The zero-order valence-corrected chi connectivity index (χ0v) is 24.0. The molecule has 10 N–H and O–H groups in total. The van der Waals surface area contributed by atoms with Crippen molar-refractivity contribution in [2.24, 2.45) is 22.2 Å². The SMILES string of the molecule is CSCCC(N)C(=O)NC(CCCN=C(N)N)C(=O)NC(Cc1c[nH]c2ccccc12)C(=O)N1CCCC1C(=O)O. The number of benzene rings is 1. The fourth-order valence-electron chi connectivity index (χ4n) is 4.91. The number of nitrogens with two attached hydrogens (primary N) is 3. The summed E-state index contributed by atoms with van der Waals surface area (Å²) in [6, 6.07) is 3.72. The van der Waals surface area contributed by atoms with Crippen LogP contribution < -0.4 is 27.8 Å². The van der Waals surface area contributed by atoms with Crippen molar-refractivity contribution in [1.82, 2.24) is 20.5 Å². The van der Waals surface area contributed by atoms with Gasteiger partial charge in [0.15, 0.2) is 5.96 Å². The van der Waals surface area contributed by atoms with Crippen LogP contribution in [0.3, 0.4) is 0 Å². The van der Waals surface area contributed by atoms with Crippen LogP contribution in [0.15, 0.2) is 35.5 Å². The van der Waals surface area contributed by atoms with Crippen LogP contribution in [0.4, 0.5) is 0 Å². The summed E-state index contributed by atoms with van der Waals surface area (Å²) in [4.78, 5) is 60.4. The zero-order valence-electron chi connectivity index (χ0n) is 23.2. The Hall–Kier alpha value is -3.78. The first-order valence-corrected chi connectivity index (χ1v) is 15.0. The topological polar surface area (TPSA) is 222 Å². The quantitative estimate of drug-likeness (QED) is 0.0836. The van der Waals surface area contributed by atoms with E-state index in [1.54, 1.807) is 18.0 Å². The molecule has 1 saturated heterocycles. The molecule has 4 unspecified atom stereocenters. The molecule has 1 aromatic carbocycles. The molecule has 0 bridgehead atoms. The van der Waals surface area contributed by atoms with Crippen LogP contribution in [-0.2, 0) is 25.6 Å². The number of aliphatic imine (C=N–C) groups is 1. The fraction of sp³-hybridized carbons (Fsp3) is 0.519. The first-order valence-electron chi connectivity index (χ1n) is 13.6. The number of nitrogens with one attached hydrogen (secondary N) is 3. The number of carbonyl (C=O) groups excluding carboxylic acids is 3. The predicted octanol–water partition coefficient (Wildman–Crippen LogP) is -0.110. The third-order valence-electron chi connectivity index (χ3n) is 7.08. The minimum absolute atomic E-state index is 0.0860. The summed E-state index contributed by atoms with van der Waals surface area (Å²) < 4.78 is 0. The summed E-state index contributed by atoms with van der Waals surface area (Å²) >= 11 is 1.56. The van der Waals surface area contributed by atoms with Crippen molar-refractivity contribution in [2.45, 2.75) is 62.7 Å². The van der Waals surface area contributed by atoms with E-state index in [-0.39, 0.29) is 31.9 Å². The fourth-order valence-corrected chi connectivity index (χ4v) is 5.40. The van der Waals surface area contributed by atoms with Gasteiger partial charge >= 0.3 is 5.97 Å². The number of para-hydroxylation sites is 1. The first-order chi connectivity index (χ1) is 19.6. The van der Waals surface area contributed by atoms with E-state index in [9.17, 15) is 24.3 Å². The molecule has 41 heavy (non-hydrogen) atoms. The molecule has 1 aromatic heterocycles. The number of thioether (sulfide) groups is 1. The van der Waals surface area contributed by atoms with Crippen LogP contribution in [0.25, 0.3) is 10.9 Å². The smallest absolute Gasteiger partial charge is 0.326 e. The van der Waals surface area contributed by atoms with Crippen molar-refractivity contribution in [3.05, 3.63) is 36.0 Å². The number of carboxylic acids is 1. The van der Waals surface area contributed by atoms with Crippen LogP contribution >= 0.6 is 11.8 Å². The van der Waals surface area contributed by atoms with E-state index in [1.807, 2.05) is 30.5 Å². The number of fused-ring (bicyclic) bond motifs is 1. The molecule has 1 fully saturated rings. The molecule has 0 radical (unpaired) electrons. The summed E-state index contributed by atoms with van der Waals surface area (Å²) in [7, 11) is 0. The van der Waals surface area contributed by atoms with E-state index >= 15 is 0 Å². The van der Waals surface area contributed by atoms with Gasteiger partial charge in [-0.25, -0.2) is 4.79 Å². The number of carbonyl (C=O) groups is 4. The van der Waals surface area contributed by atoms with Crippen LogP contribution in [-0.4, -0.2) is 93.9 Å². The summed E-state index contributed by atoms with van der Waals surface area (Å²) in [6.45, 7) is 0.519. The van der Waals surface area contributed by atoms with Gasteiger partial charge in [0.2, 0.25) is 17.7 Å². The van der Waals surface area contributed by atoms with Crippen LogP contribution in [0.1, 0.15) is 37.7 Å². The predicted molar refractivity (Wildman–Crippen MR) is 159 cm³/mol. The molecule has 13 nitrogen and oxygen atoms in total. The number of aromatic amines is 1. The van der Waals surface area contributed by atoms with Crippen molar-refractivity contribution in [2.75, 3.05) is 25.1 Å². The normalized spacial score (nSPS) is 17.0. The van der Waals surface area contributed by atoms with Crippen molar-refractivity contribution in [3.63, 3.8) is 0 Å². The number of aliphatic carboxylic acids is 1. The number of hydrogen-bond donors (Lipinski definition) is 7. The molecule has 2 heterocycles. The van der Waals surface area contributed by atoms with Gasteiger partial charge < -0.3 is 42.8 Å². The highest BCUT2D eigenvalue weighted by Crippen LogP contribution is 2.23. The minimum atomic E-state index is -1.09. The Morgan fingerprint density at radius 2 is 1.88 bits per heavy atom. The average molecular weight is 589 g/mol. The lowest BCUT2D eigenvalue weighted by molar-refractivity contribution is -0.149. The number of guanidine groups is 1. The molecule has 0 aliphatic carbocycles. The van der Waals surface area contributed by atoms with E-state index in [2.05, 4.69) is 20.6 Å². The Labute approximate surface area is 243 Å². The number of H-pyrrole nitrogens is 1. The Balaban J connectivity index is 1.85. The van der Waals surface area contributed by atoms with Crippen molar-refractivity contribution >= 4 is 52.3 Å². The van der Waals surface area contributed by atoms with Gasteiger partial charge in [0.25, 0.3) is 0 Å². The van der Waals surface area contributed by atoms with Crippen LogP contribution in [0, 0.1) is 0 Å². The standard InChI is InChI=1S/C27H40N8O5S/c1-41-13-10-18(28)23(36)33-20(8-4-11-31-27(29)30)24(37)34-21(25(38)35-12-5-9-22(35)26(39)40)14-16-15-32-19-7-3-2-6-17(16)19/h2-3,6-7,15,18,20-22,32H,4-5,8-14,28H2,1H3,(H,33,36)(H,34,37)(H,39,40)(H4,29,30,31). The lowest BCUT2D eigenvalue weighted by atomic mass is 10.0. The molecule has 2 aromatic rings. The lowest BCUT2D eigenvalue weighted by Gasteiger charge is -2.29. The molecule has 4 atom stereocenters. The number of amides is 3. The Morgan fingerprint density at radius 3 is 2.59 bits per heavy atom. The van der Waals surface area contributed by atoms with Crippen molar-refractivity contribution in [3.8, 4) is 0 Å². The highest BCUT2D eigenvalue weighted by Gasteiger charge is 2.38. The van der Waals surface area contributed by atoms with E-state index in [0.29, 0.717) is 31.4 Å². The lowest BCUT2D eigenvalue weighted by Crippen LogP contribution is -2.57. The second-order valence-electron chi connectivity index (χ2n) is 10.1. The molecular formula is C27H40N8O5S. The third-order valence-corrected chi connectivity index (χ3v) is 7.73. The van der Waals surface area contributed by atoms with E-state index in [4.69, 9.17) is 17.2 Å². The second-order valence-corrected chi connectivity index (χ2v) is 11.0. The first kappa shape index (κ1) is 31.7. The van der Waals surface area contributed by atoms with E-state index in [1.165, 1.54) is 4.90 Å². The maximum atomic E-state index is 13.7. The number of carboxylic acid groups (broad SMARTS) is 1. The van der Waals surface area contributed by atoms with Gasteiger partial charge in [0, 0.05) is 36.6 Å². The van der Waals surface area contributed by atoms with Gasteiger partial charge in [-0.05, 0) is 55.7 Å². The minimum Gasteiger partial charge on any atom is -0.480 e. The maximum Gasteiger partial charge on any atom is 0.326 e. The summed E-state index contributed by atoms with van der Waals surface area (Å²) in [5.41, 5.74) is 18.5. The van der Waals surface area contributed by atoms with E-state index < -0.39 is 47.9 Å². The third kappa shape index (κ3) is 8.85. The van der Waals surface area contributed by atoms with Gasteiger partial charge in [-0.1, -0.05) is 18.2 Å². The molecule has 1 aliphatic rings. The molecule has 3 rings (SSSR count). The Kier molecular flexibility index (Phi) is 11.8. The summed E-state index contributed by atoms with van der Waals surface area (Å²) in [5, 5.41) is 16.1. The van der Waals surface area contributed by atoms with Crippen LogP contribution in [0.2, 0.25) is 0 Å². The average Bonchev–Trinajstić information content (AvgIpc) is 3.60. The number of rotatable bonds is 15. The monoisotopic (exact) mass is 588 g/mol.